The van der Waals surface area contributed by atoms with E-state index in [1.54, 1.807) is 23.5 Å². The number of rotatable bonds is 3. The number of benzene rings is 1. The minimum Gasteiger partial charge on any atom is -0.385 e. The second-order valence-corrected chi connectivity index (χ2v) is 7.45. The first-order valence-corrected chi connectivity index (χ1v) is 8.89. The zero-order chi connectivity index (χ0) is 16.4. The Hall–Kier alpha value is -1.43. The van der Waals surface area contributed by atoms with E-state index in [0.29, 0.717) is 37.4 Å². The fourth-order valence-electron chi connectivity index (χ4n) is 2.93. The van der Waals surface area contributed by atoms with Gasteiger partial charge in [-0.2, -0.15) is 0 Å². The molecule has 0 unspecified atom stereocenters. The summed E-state index contributed by atoms with van der Waals surface area (Å²) in [6, 6.07) is 7.30. The molecule has 0 bridgehead atoms. The quantitative estimate of drug-likeness (QED) is 0.925. The van der Waals surface area contributed by atoms with Crippen LogP contribution in [0.2, 0.25) is 5.02 Å². The van der Waals surface area contributed by atoms with Gasteiger partial charge in [-0.1, -0.05) is 23.7 Å². The van der Waals surface area contributed by atoms with Crippen molar-refractivity contribution in [3.8, 4) is 0 Å². The summed E-state index contributed by atoms with van der Waals surface area (Å²) in [6.07, 6.45) is 1.41. The van der Waals surface area contributed by atoms with Gasteiger partial charge in [0.25, 0.3) is 0 Å². The van der Waals surface area contributed by atoms with Gasteiger partial charge in [0.1, 0.15) is 0 Å². The number of piperidine rings is 1. The van der Waals surface area contributed by atoms with Crippen molar-refractivity contribution < 1.29 is 9.90 Å². The summed E-state index contributed by atoms with van der Waals surface area (Å²) in [6.45, 7) is 3.05. The number of carbonyl (C=O) groups excluding carboxylic acids is 1. The Balaban J connectivity index is 1.61. The zero-order valence-corrected chi connectivity index (χ0v) is 14.5. The van der Waals surface area contributed by atoms with Crippen molar-refractivity contribution in [3.63, 3.8) is 0 Å². The Morgan fingerprint density at radius 1 is 1.35 bits per heavy atom. The number of aryl methyl sites for hydroxylation is 1. The van der Waals surface area contributed by atoms with Crippen LogP contribution in [0.15, 0.2) is 29.6 Å². The van der Waals surface area contributed by atoms with Gasteiger partial charge in [-0.15, -0.1) is 11.3 Å². The molecule has 0 atom stereocenters. The normalized spacial score (nSPS) is 17.3. The van der Waals surface area contributed by atoms with Crippen LogP contribution in [-0.4, -0.2) is 34.0 Å². The highest BCUT2D eigenvalue weighted by atomic mass is 35.5. The first kappa shape index (κ1) is 16.4. The Kier molecular flexibility index (Phi) is 4.71. The molecule has 1 aromatic carbocycles. The third-order valence-electron chi connectivity index (χ3n) is 4.32. The van der Waals surface area contributed by atoms with Gasteiger partial charge in [0.2, 0.25) is 5.91 Å². The van der Waals surface area contributed by atoms with Crippen molar-refractivity contribution in [3.05, 3.63) is 50.9 Å². The topological polar surface area (TPSA) is 53.4 Å². The lowest BCUT2D eigenvalue weighted by atomic mass is 9.84. The number of amides is 1. The standard InChI is InChI=1S/C17H19ClN2O2S/c1-12-19-15(11-23-12)10-16(21)20-8-6-17(22,7-9-20)13-2-4-14(18)5-3-13/h2-5,11,22H,6-10H2,1H3. The summed E-state index contributed by atoms with van der Waals surface area (Å²) in [5.74, 6) is 0.0773. The number of hydrogen-bond acceptors (Lipinski definition) is 4. The predicted octanol–water partition coefficient (Wildman–Crippen LogP) is 3.16. The van der Waals surface area contributed by atoms with Crippen LogP contribution in [0.25, 0.3) is 0 Å². The van der Waals surface area contributed by atoms with Crippen LogP contribution in [0.3, 0.4) is 0 Å². The summed E-state index contributed by atoms with van der Waals surface area (Å²) in [5.41, 5.74) is 0.818. The Bertz CT molecular complexity index is 691. The molecule has 0 aliphatic carbocycles. The number of aliphatic hydroxyl groups is 1. The van der Waals surface area contributed by atoms with Crippen LogP contribution in [0, 0.1) is 6.92 Å². The van der Waals surface area contributed by atoms with E-state index in [9.17, 15) is 9.90 Å². The average molecular weight is 351 g/mol. The molecule has 2 heterocycles. The van der Waals surface area contributed by atoms with E-state index in [4.69, 9.17) is 11.6 Å². The molecule has 1 aromatic heterocycles. The zero-order valence-electron chi connectivity index (χ0n) is 13.0. The maximum absolute atomic E-state index is 12.4. The highest BCUT2D eigenvalue weighted by molar-refractivity contribution is 7.09. The van der Waals surface area contributed by atoms with Gasteiger partial charge in [-0.25, -0.2) is 4.98 Å². The molecule has 1 aliphatic heterocycles. The third-order valence-corrected chi connectivity index (χ3v) is 5.40. The van der Waals surface area contributed by atoms with Gasteiger partial charge in [0.15, 0.2) is 0 Å². The number of thiazole rings is 1. The van der Waals surface area contributed by atoms with Gasteiger partial charge in [0, 0.05) is 23.5 Å². The molecular weight excluding hydrogens is 332 g/mol. The maximum Gasteiger partial charge on any atom is 0.228 e. The fraction of sp³-hybridized carbons (Fsp3) is 0.412. The van der Waals surface area contributed by atoms with Crippen molar-refractivity contribution in [2.24, 2.45) is 0 Å². The van der Waals surface area contributed by atoms with Gasteiger partial charge >= 0.3 is 0 Å². The summed E-state index contributed by atoms with van der Waals surface area (Å²) in [5, 5.41) is 14.4. The van der Waals surface area contributed by atoms with Gasteiger partial charge in [-0.05, 0) is 37.5 Å². The van der Waals surface area contributed by atoms with Crippen LogP contribution >= 0.6 is 22.9 Å². The second-order valence-electron chi connectivity index (χ2n) is 5.95. The Labute approximate surface area is 144 Å². The summed E-state index contributed by atoms with van der Waals surface area (Å²) in [7, 11) is 0. The van der Waals surface area contributed by atoms with Gasteiger partial charge in [0.05, 0.1) is 22.7 Å². The molecular formula is C17H19ClN2O2S. The molecule has 0 saturated carbocycles. The van der Waals surface area contributed by atoms with E-state index in [1.165, 1.54) is 0 Å². The lowest BCUT2D eigenvalue weighted by Gasteiger charge is -2.38. The van der Waals surface area contributed by atoms with Crippen LogP contribution in [-0.2, 0) is 16.8 Å². The van der Waals surface area contributed by atoms with Crippen molar-refractivity contribution >= 4 is 28.8 Å². The molecule has 3 rings (SSSR count). The SMILES string of the molecule is Cc1nc(CC(=O)N2CCC(O)(c3ccc(Cl)cc3)CC2)cs1. The molecule has 1 aliphatic rings. The first-order valence-electron chi connectivity index (χ1n) is 7.63. The molecule has 2 aromatic rings. The molecule has 0 radical (unpaired) electrons. The van der Waals surface area contributed by atoms with Crippen LogP contribution in [0.5, 0.6) is 0 Å². The molecule has 1 fully saturated rings. The number of halogens is 1. The van der Waals surface area contributed by atoms with Crippen LogP contribution in [0.4, 0.5) is 0 Å². The number of hydrogen-bond donors (Lipinski definition) is 1. The van der Waals surface area contributed by atoms with Crippen molar-refractivity contribution in [1.82, 2.24) is 9.88 Å². The van der Waals surface area contributed by atoms with E-state index < -0.39 is 5.60 Å². The molecule has 1 N–H and O–H groups in total. The number of carbonyl (C=O) groups is 1. The maximum atomic E-state index is 12.4. The van der Waals surface area contributed by atoms with E-state index in [1.807, 2.05) is 29.3 Å². The Morgan fingerprint density at radius 3 is 2.57 bits per heavy atom. The lowest BCUT2D eigenvalue weighted by Crippen LogP contribution is -2.45. The second kappa shape index (κ2) is 6.59. The largest absolute Gasteiger partial charge is 0.385 e. The average Bonchev–Trinajstić information content (AvgIpc) is 2.93. The van der Waals surface area contributed by atoms with Gasteiger partial charge in [-0.3, -0.25) is 4.79 Å². The molecule has 0 spiro atoms. The lowest BCUT2D eigenvalue weighted by molar-refractivity contribution is -0.135. The number of nitrogens with zero attached hydrogens (tertiary/aromatic N) is 2. The molecule has 1 saturated heterocycles. The smallest absolute Gasteiger partial charge is 0.228 e. The first-order chi connectivity index (χ1) is 11.0. The summed E-state index contributed by atoms with van der Waals surface area (Å²) < 4.78 is 0. The van der Waals surface area contributed by atoms with E-state index in [0.717, 1.165) is 16.3 Å². The van der Waals surface area contributed by atoms with Gasteiger partial charge < -0.3 is 10.0 Å². The monoisotopic (exact) mass is 350 g/mol. The summed E-state index contributed by atoms with van der Waals surface area (Å²) in [4.78, 5) is 18.5. The number of likely N-dealkylation sites (tertiary alicyclic amines) is 1. The highest BCUT2D eigenvalue weighted by Gasteiger charge is 2.35. The number of aromatic nitrogens is 1. The van der Waals surface area contributed by atoms with Crippen molar-refractivity contribution in [2.75, 3.05) is 13.1 Å². The van der Waals surface area contributed by atoms with E-state index in [2.05, 4.69) is 4.98 Å². The molecule has 1 amide bonds. The molecule has 122 valence electrons. The molecule has 6 heteroatoms. The predicted molar refractivity (Wildman–Crippen MR) is 91.7 cm³/mol. The van der Waals surface area contributed by atoms with Crippen LogP contribution in [0.1, 0.15) is 29.1 Å². The molecule has 23 heavy (non-hydrogen) atoms. The van der Waals surface area contributed by atoms with Crippen LogP contribution < -0.4 is 0 Å². The minimum absolute atomic E-state index is 0.0773. The Morgan fingerprint density at radius 2 is 2.00 bits per heavy atom. The minimum atomic E-state index is -0.876. The van der Waals surface area contributed by atoms with Crippen molar-refractivity contribution in [2.45, 2.75) is 31.8 Å². The van der Waals surface area contributed by atoms with E-state index >= 15 is 0 Å². The third kappa shape index (κ3) is 3.74. The fourth-order valence-corrected chi connectivity index (χ4v) is 3.67. The highest BCUT2D eigenvalue weighted by Crippen LogP contribution is 2.33. The van der Waals surface area contributed by atoms with Crippen molar-refractivity contribution in [1.29, 1.82) is 0 Å². The van der Waals surface area contributed by atoms with E-state index in [-0.39, 0.29) is 5.91 Å². The summed E-state index contributed by atoms with van der Waals surface area (Å²) >= 11 is 7.46. The molecule has 4 nitrogen and oxygen atoms in total.